The van der Waals surface area contributed by atoms with E-state index in [1.165, 1.54) is 0 Å². The molecule has 8 N–H and O–H groups in total. The maximum absolute atomic E-state index is 12.2. The summed E-state index contributed by atoms with van der Waals surface area (Å²) < 4.78 is 50.9. The first-order valence-corrected chi connectivity index (χ1v) is 13.0. The first-order chi connectivity index (χ1) is 16.4. The van der Waals surface area contributed by atoms with E-state index in [0.29, 0.717) is 0 Å². The fourth-order valence-corrected chi connectivity index (χ4v) is 6.02. The molecule has 194 valence electrons. The topological polar surface area (TPSA) is 275 Å². The van der Waals surface area contributed by atoms with Crippen molar-refractivity contribution in [1.82, 2.24) is 20.0 Å². The molecule has 8 bridgehead atoms. The number of anilines is 1. The van der Waals surface area contributed by atoms with Gasteiger partial charge in [0, 0.05) is 0 Å². The van der Waals surface area contributed by atoms with Crippen LogP contribution in [0.1, 0.15) is 12.5 Å². The lowest BCUT2D eigenvalue weighted by Gasteiger charge is -2.20. The highest BCUT2D eigenvalue weighted by Gasteiger charge is 2.50. The van der Waals surface area contributed by atoms with Crippen molar-refractivity contribution >= 4 is 32.6 Å². The summed E-state index contributed by atoms with van der Waals surface area (Å²) in [7, 11) is -10.5. The molecule has 2 saturated heterocycles. The Labute approximate surface area is 194 Å². The van der Waals surface area contributed by atoms with E-state index in [-0.39, 0.29) is 17.0 Å². The van der Waals surface area contributed by atoms with E-state index in [1.54, 1.807) is 0 Å². The van der Waals surface area contributed by atoms with Crippen molar-refractivity contribution in [2.24, 2.45) is 0 Å². The van der Waals surface area contributed by atoms with Crippen molar-refractivity contribution in [2.45, 2.75) is 49.1 Å². The summed E-state index contributed by atoms with van der Waals surface area (Å²) in [4.78, 5) is 23.8. The molecule has 6 rings (SSSR count). The Kier molecular flexibility index (Phi) is 6.21. The SMILES string of the molecule is Nc1c2nnn3c2nc[n+]1C1O[C@@H](COP(=O)(O)OP(=O)(O)OC[C@H]2OC3[C@H](O)[C@@H]2O)[C@H](O)[C@@H]1O. The average Bonchev–Trinajstić information content (AvgIpc) is 3.41. The van der Waals surface area contributed by atoms with E-state index >= 15 is 0 Å². The van der Waals surface area contributed by atoms with Gasteiger partial charge in [0.25, 0.3) is 11.5 Å². The molecule has 0 aromatic carbocycles. The molecule has 0 amide bonds. The minimum atomic E-state index is -5.26. The van der Waals surface area contributed by atoms with Crippen molar-refractivity contribution in [3.8, 4) is 0 Å². The van der Waals surface area contributed by atoms with Crippen LogP contribution in [0.3, 0.4) is 0 Å². The van der Waals surface area contributed by atoms with E-state index in [9.17, 15) is 39.3 Å². The lowest BCUT2D eigenvalue weighted by molar-refractivity contribution is -0.755. The van der Waals surface area contributed by atoms with Gasteiger partial charge in [0.15, 0.2) is 6.23 Å². The predicted molar refractivity (Wildman–Crippen MR) is 104 cm³/mol. The second-order valence-corrected chi connectivity index (χ2v) is 11.0. The molecule has 10 atom stereocenters. The van der Waals surface area contributed by atoms with Crippen LogP contribution in [0, 0.1) is 0 Å². The number of hydrogen-bond donors (Lipinski definition) is 7. The van der Waals surface area contributed by atoms with E-state index in [2.05, 4.69) is 28.7 Å². The highest BCUT2D eigenvalue weighted by Crippen LogP contribution is 2.60. The van der Waals surface area contributed by atoms with Crippen molar-refractivity contribution < 1.29 is 66.7 Å². The Morgan fingerprint density at radius 2 is 1.57 bits per heavy atom. The Morgan fingerprint density at radius 1 is 0.971 bits per heavy atom. The summed E-state index contributed by atoms with van der Waals surface area (Å²) in [5, 5.41) is 49.3. The zero-order valence-corrected chi connectivity index (χ0v) is 19.1. The van der Waals surface area contributed by atoms with Gasteiger partial charge in [-0.1, -0.05) is 10.2 Å². The van der Waals surface area contributed by atoms with E-state index in [4.69, 9.17) is 15.2 Å². The van der Waals surface area contributed by atoms with Gasteiger partial charge in [-0.2, -0.15) is 8.99 Å². The number of hydrogen-bond acceptors (Lipinski definition) is 15. The molecule has 0 aliphatic carbocycles. The highest BCUT2D eigenvalue weighted by molar-refractivity contribution is 7.61. The smallest absolute Gasteiger partial charge is 0.387 e. The molecule has 6 heterocycles. The molecule has 21 heteroatoms. The number of aliphatic hydroxyl groups is 4. The van der Waals surface area contributed by atoms with Gasteiger partial charge in [0.05, 0.1) is 13.2 Å². The Morgan fingerprint density at radius 3 is 2.23 bits per heavy atom. The summed E-state index contributed by atoms with van der Waals surface area (Å²) in [6, 6.07) is 0. The van der Waals surface area contributed by atoms with Crippen LogP contribution in [0.25, 0.3) is 11.2 Å². The summed E-state index contributed by atoms with van der Waals surface area (Å²) in [6.07, 6.45) is -11.0. The first-order valence-electron chi connectivity index (χ1n) is 9.98. The molecule has 2 aromatic heterocycles. The fourth-order valence-electron chi connectivity index (χ4n) is 3.93. The number of nitrogen functional groups attached to an aromatic ring is 1. The summed E-state index contributed by atoms with van der Waals surface area (Å²) in [5.74, 6) is -0.120. The number of phosphoric acid groups is 2. The molecule has 2 fully saturated rings. The lowest BCUT2D eigenvalue weighted by atomic mass is 10.1. The Hall–Kier alpha value is -1.70. The van der Waals surface area contributed by atoms with E-state index in [0.717, 1.165) is 15.6 Å². The van der Waals surface area contributed by atoms with Crippen LogP contribution in [-0.2, 0) is 32.0 Å². The van der Waals surface area contributed by atoms with Gasteiger partial charge in [-0.15, -0.1) is 5.10 Å². The van der Waals surface area contributed by atoms with Crippen molar-refractivity contribution in [3.63, 3.8) is 0 Å². The molecule has 19 nitrogen and oxygen atoms in total. The number of nitrogens with zero attached hydrogens (tertiary/aromatic N) is 5. The van der Waals surface area contributed by atoms with Crippen LogP contribution in [0.5, 0.6) is 0 Å². The maximum atomic E-state index is 12.2. The van der Waals surface area contributed by atoms with Gasteiger partial charge in [-0.05, 0) is 0 Å². The third kappa shape index (κ3) is 4.38. The van der Waals surface area contributed by atoms with Crippen LogP contribution in [0.15, 0.2) is 6.33 Å². The van der Waals surface area contributed by atoms with Crippen LogP contribution in [0.2, 0.25) is 0 Å². The van der Waals surface area contributed by atoms with Crippen molar-refractivity contribution in [2.75, 3.05) is 18.9 Å². The minimum absolute atomic E-state index is 0.00276. The largest absolute Gasteiger partial charge is 0.481 e. The summed E-state index contributed by atoms with van der Waals surface area (Å²) in [6.45, 7) is -1.71. The second-order valence-electron chi connectivity index (χ2n) is 7.95. The second kappa shape index (κ2) is 8.70. The number of ether oxygens (including phenoxy) is 2. The number of nitrogens with two attached hydrogens (primary N) is 1. The number of rotatable bonds is 0. The van der Waals surface area contributed by atoms with Crippen molar-refractivity contribution in [1.29, 1.82) is 0 Å². The monoisotopic (exact) mass is 543 g/mol. The lowest BCUT2D eigenvalue weighted by Crippen LogP contribution is -2.48. The molecule has 4 aliphatic heterocycles. The van der Waals surface area contributed by atoms with Crippen LogP contribution in [0.4, 0.5) is 5.82 Å². The highest BCUT2D eigenvalue weighted by atomic mass is 31.3. The molecule has 0 radical (unpaired) electrons. The quantitative estimate of drug-likeness (QED) is 0.124. The fraction of sp³-hybridized carbons (Fsp3) is 0.714. The average molecular weight is 543 g/mol. The van der Waals surface area contributed by atoms with Crippen LogP contribution < -0.4 is 10.3 Å². The number of fused-ring (bicyclic) bond motifs is 7. The first kappa shape index (κ1) is 25.0. The van der Waals surface area contributed by atoms with Gasteiger partial charge in [0.1, 0.15) is 36.6 Å². The molecule has 0 spiro atoms. The Bertz CT molecular complexity index is 1230. The number of aliphatic hydroxyl groups excluding tert-OH is 4. The van der Waals surface area contributed by atoms with Gasteiger partial charge >= 0.3 is 15.6 Å². The normalized spacial score (nSPS) is 44.6. The number of aromatic nitrogens is 5. The predicted octanol–water partition coefficient (Wildman–Crippen LogP) is -3.80. The zero-order valence-electron chi connectivity index (χ0n) is 17.4. The molecule has 4 unspecified atom stereocenters. The van der Waals surface area contributed by atoms with E-state index < -0.39 is 77.9 Å². The summed E-state index contributed by atoms with van der Waals surface area (Å²) >= 11 is 0. The van der Waals surface area contributed by atoms with Crippen molar-refractivity contribution in [3.05, 3.63) is 6.33 Å². The van der Waals surface area contributed by atoms with Crippen LogP contribution >= 0.6 is 15.6 Å². The summed E-state index contributed by atoms with van der Waals surface area (Å²) in [5.41, 5.74) is 6.14. The maximum Gasteiger partial charge on any atom is 0.481 e. The third-order valence-electron chi connectivity index (χ3n) is 5.69. The Balaban J connectivity index is 1.57. The standard InChI is InChI=1S/C14H20N6O13P2/c15-11-6-12-16-3-19(11)13-9(23)7(21)4(31-13)1-29-34(25,26)33-35(27,28)30-2-5-8(22)10(24)14(32-5)20(12)18-17-6/h3-5,7-10,13-15,21-24H,1-2H2,(H2,25,26,27,28)/p+1/t4-,5+,7-,8+,9-,10+,13?,14?/m0/s1. The van der Waals surface area contributed by atoms with Gasteiger partial charge in [-0.3, -0.25) is 9.05 Å². The van der Waals surface area contributed by atoms with Crippen LogP contribution in [-0.4, -0.2) is 100 Å². The molecular formula is C14H21N6O13P2+. The van der Waals surface area contributed by atoms with Gasteiger partial charge < -0.3 is 45.4 Å². The molecule has 35 heavy (non-hydrogen) atoms. The van der Waals surface area contributed by atoms with Gasteiger partial charge in [-0.25, -0.2) is 13.7 Å². The number of phosphoric ester groups is 2. The van der Waals surface area contributed by atoms with E-state index in [1.807, 2.05) is 0 Å². The molecule has 4 aliphatic rings. The molecule has 0 saturated carbocycles. The molecular weight excluding hydrogens is 522 g/mol. The van der Waals surface area contributed by atoms with Gasteiger partial charge in [0.2, 0.25) is 18.1 Å². The third-order valence-corrected chi connectivity index (χ3v) is 8.30. The minimum Gasteiger partial charge on any atom is -0.387 e. The zero-order chi connectivity index (χ0) is 25.3. The molecule has 2 aromatic rings.